The number of aromatic nitrogens is 4. The number of thioether (sulfide) groups is 1. The Labute approximate surface area is 171 Å². The Kier molecular flexibility index (Phi) is 4.36. The minimum absolute atomic E-state index is 0.0597. The molecule has 2 aromatic carbocycles. The molecule has 0 bridgehead atoms. The third-order valence-electron chi connectivity index (χ3n) is 4.36. The third kappa shape index (κ3) is 3.35. The second kappa shape index (κ2) is 7.19. The number of H-pyrrole nitrogens is 1. The first-order valence-electron chi connectivity index (χ1n) is 8.69. The Morgan fingerprint density at radius 3 is 2.87 bits per heavy atom. The zero-order valence-corrected chi connectivity index (χ0v) is 15.9. The van der Waals surface area contributed by atoms with Crippen molar-refractivity contribution in [2.75, 3.05) is 6.79 Å². The van der Waals surface area contributed by atoms with Crippen molar-refractivity contribution in [3.8, 4) is 23.0 Å². The molecule has 1 aliphatic rings. The minimum Gasteiger partial charge on any atom is -0.478 e. The summed E-state index contributed by atoms with van der Waals surface area (Å²) in [6.07, 6.45) is 0. The molecule has 0 saturated heterocycles. The monoisotopic (exact) mass is 424 g/mol. The highest BCUT2D eigenvalue weighted by Gasteiger charge is 2.17. The Morgan fingerprint density at radius 1 is 1.13 bits per heavy atom. The van der Waals surface area contributed by atoms with Crippen LogP contribution in [0.2, 0.25) is 0 Å². The molecular weight excluding hydrogens is 412 g/mol. The highest BCUT2D eigenvalue weighted by molar-refractivity contribution is 7.98. The van der Waals surface area contributed by atoms with Crippen LogP contribution in [0, 0.1) is 0 Å². The number of fused-ring (bicyclic) bond motifs is 2. The molecular formula is C19H12N4O6S. The van der Waals surface area contributed by atoms with E-state index in [1.807, 2.05) is 0 Å². The molecule has 11 heteroatoms. The lowest BCUT2D eigenvalue weighted by molar-refractivity contribution is 0.0697. The van der Waals surface area contributed by atoms with Gasteiger partial charge in [0.05, 0.1) is 22.2 Å². The van der Waals surface area contributed by atoms with Crippen molar-refractivity contribution in [1.29, 1.82) is 0 Å². The van der Waals surface area contributed by atoms with Crippen molar-refractivity contribution in [2.45, 2.75) is 11.0 Å². The summed E-state index contributed by atoms with van der Waals surface area (Å²) < 4.78 is 16.3. The van der Waals surface area contributed by atoms with Crippen LogP contribution in [0.5, 0.6) is 11.5 Å². The molecule has 2 N–H and O–H groups in total. The number of benzene rings is 2. The second-order valence-electron chi connectivity index (χ2n) is 6.28. The number of nitrogens with one attached hydrogen (secondary N) is 1. The number of aromatic amines is 1. The van der Waals surface area contributed by atoms with Gasteiger partial charge < -0.3 is 24.0 Å². The third-order valence-corrected chi connectivity index (χ3v) is 5.19. The van der Waals surface area contributed by atoms with Crippen LogP contribution in [0.1, 0.15) is 16.2 Å². The number of hydrogen-bond acceptors (Lipinski definition) is 9. The maximum Gasteiger partial charge on any atom is 0.335 e. The van der Waals surface area contributed by atoms with Crippen LogP contribution in [0.25, 0.3) is 22.4 Å². The maximum absolute atomic E-state index is 12.2. The van der Waals surface area contributed by atoms with E-state index in [-0.39, 0.29) is 23.7 Å². The predicted octanol–water partition coefficient (Wildman–Crippen LogP) is 2.69. The molecule has 0 fully saturated rings. The van der Waals surface area contributed by atoms with Crippen LogP contribution < -0.4 is 15.0 Å². The van der Waals surface area contributed by atoms with Gasteiger partial charge in [0.1, 0.15) is 5.82 Å². The lowest BCUT2D eigenvalue weighted by atomic mass is 10.1. The Hall–Kier alpha value is -3.86. The van der Waals surface area contributed by atoms with Gasteiger partial charge in [-0.1, -0.05) is 11.8 Å². The first-order chi connectivity index (χ1) is 14.6. The summed E-state index contributed by atoms with van der Waals surface area (Å²) in [6.45, 7) is 0.175. The van der Waals surface area contributed by atoms with Gasteiger partial charge in [0.15, 0.2) is 11.5 Å². The molecule has 0 atom stereocenters. The van der Waals surface area contributed by atoms with Crippen LogP contribution in [0.15, 0.2) is 50.8 Å². The van der Waals surface area contributed by atoms with E-state index >= 15 is 0 Å². The van der Waals surface area contributed by atoms with Crippen molar-refractivity contribution >= 4 is 28.6 Å². The van der Waals surface area contributed by atoms with Crippen molar-refractivity contribution < 1.29 is 23.8 Å². The van der Waals surface area contributed by atoms with E-state index in [1.165, 1.54) is 30.0 Å². The van der Waals surface area contributed by atoms with Gasteiger partial charge in [0.25, 0.3) is 10.8 Å². The summed E-state index contributed by atoms with van der Waals surface area (Å²) in [4.78, 5) is 30.4. The molecule has 0 saturated carbocycles. The lowest BCUT2D eigenvalue weighted by Gasteiger charge is -2.02. The molecule has 3 heterocycles. The van der Waals surface area contributed by atoms with Gasteiger partial charge in [-0.25, -0.2) is 9.78 Å². The van der Waals surface area contributed by atoms with Crippen LogP contribution in [-0.2, 0) is 5.75 Å². The summed E-state index contributed by atoms with van der Waals surface area (Å²) in [5.74, 6) is 1.12. The van der Waals surface area contributed by atoms with E-state index in [9.17, 15) is 9.59 Å². The number of carbonyl (C=O) groups is 1. The number of ether oxygens (including phenoxy) is 2. The zero-order valence-electron chi connectivity index (χ0n) is 15.1. The molecule has 1 aliphatic heterocycles. The fourth-order valence-electron chi connectivity index (χ4n) is 2.93. The van der Waals surface area contributed by atoms with Crippen molar-refractivity contribution in [3.05, 3.63) is 58.1 Å². The molecule has 5 rings (SSSR count). The standard InChI is InChI=1S/C19H12N4O6S/c24-16-11-3-1-10(18(25)26)5-12(11)20-15(21-16)7-30-19-23-22-17(29-19)9-2-4-13-14(6-9)28-8-27-13/h1-6H,7-8H2,(H,25,26)(H,20,21,24). The largest absolute Gasteiger partial charge is 0.478 e. The van der Waals surface area contributed by atoms with Gasteiger partial charge in [0, 0.05) is 5.56 Å². The molecule has 0 unspecified atom stereocenters. The summed E-state index contributed by atoms with van der Waals surface area (Å²) in [7, 11) is 0. The van der Waals surface area contributed by atoms with E-state index in [1.54, 1.807) is 18.2 Å². The van der Waals surface area contributed by atoms with Gasteiger partial charge in [-0.15, -0.1) is 10.2 Å². The topological polar surface area (TPSA) is 140 Å². The maximum atomic E-state index is 12.2. The van der Waals surface area contributed by atoms with Crippen molar-refractivity contribution in [3.63, 3.8) is 0 Å². The van der Waals surface area contributed by atoms with E-state index in [0.29, 0.717) is 44.9 Å². The molecule has 10 nitrogen and oxygen atoms in total. The molecule has 30 heavy (non-hydrogen) atoms. The number of aromatic carboxylic acids is 1. The van der Waals surface area contributed by atoms with Crippen LogP contribution >= 0.6 is 11.8 Å². The molecule has 0 aliphatic carbocycles. The minimum atomic E-state index is -1.09. The Bertz CT molecular complexity index is 1350. The van der Waals surface area contributed by atoms with Crippen LogP contribution in [-0.4, -0.2) is 38.0 Å². The summed E-state index contributed by atoms with van der Waals surface area (Å²) >= 11 is 1.20. The van der Waals surface area contributed by atoms with E-state index in [0.717, 1.165) is 0 Å². The normalized spacial score (nSPS) is 12.4. The number of rotatable bonds is 5. The van der Waals surface area contributed by atoms with Crippen LogP contribution in [0.4, 0.5) is 0 Å². The smallest absolute Gasteiger partial charge is 0.335 e. The quantitative estimate of drug-likeness (QED) is 0.459. The lowest BCUT2D eigenvalue weighted by Crippen LogP contribution is -2.12. The first kappa shape index (κ1) is 18.2. The molecule has 4 aromatic rings. The summed E-state index contributed by atoms with van der Waals surface area (Å²) in [5, 5.41) is 17.8. The van der Waals surface area contributed by atoms with E-state index < -0.39 is 5.97 Å². The number of nitrogens with zero attached hydrogens (tertiary/aromatic N) is 3. The molecule has 0 spiro atoms. The highest BCUT2D eigenvalue weighted by atomic mass is 32.2. The number of hydrogen-bond donors (Lipinski definition) is 2. The molecule has 2 aromatic heterocycles. The highest BCUT2D eigenvalue weighted by Crippen LogP contribution is 2.36. The average molecular weight is 424 g/mol. The fraction of sp³-hybridized carbons (Fsp3) is 0.105. The van der Waals surface area contributed by atoms with E-state index in [2.05, 4.69) is 20.2 Å². The average Bonchev–Trinajstić information content (AvgIpc) is 3.40. The molecule has 0 radical (unpaired) electrons. The Balaban J connectivity index is 1.36. The van der Waals surface area contributed by atoms with Crippen molar-refractivity contribution in [2.24, 2.45) is 0 Å². The number of carboxylic acid groups (broad SMARTS) is 1. The summed E-state index contributed by atoms with van der Waals surface area (Å²) in [5.41, 5.74) is 0.710. The molecule has 150 valence electrons. The van der Waals surface area contributed by atoms with Gasteiger partial charge in [-0.05, 0) is 36.4 Å². The number of carboxylic acids is 1. The first-order valence-corrected chi connectivity index (χ1v) is 9.68. The fourth-order valence-corrected chi connectivity index (χ4v) is 3.57. The van der Waals surface area contributed by atoms with Gasteiger partial charge in [0.2, 0.25) is 12.7 Å². The summed E-state index contributed by atoms with van der Waals surface area (Å²) in [6, 6.07) is 9.49. The SMILES string of the molecule is O=C(O)c1ccc2c(=O)[nH]c(CSc3nnc(-c4ccc5c(c4)OCO5)o3)nc2c1. The molecule has 0 amide bonds. The van der Waals surface area contributed by atoms with Gasteiger partial charge in [-0.2, -0.15) is 0 Å². The second-order valence-corrected chi connectivity index (χ2v) is 7.21. The zero-order chi connectivity index (χ0) is 20.7. The predicted molar refractivity (Wildman–Crippen MR) is 105 cm³/mol. The van der Waals surface area contributed by atoms with E-state index in [4.69, 9.17) is 19.0 Å². The Morgan fingerprint density at radius 2 is 2.00 bits per heavy atom. The van der Waals surface area contributed by atoms with Gasteiger partial charge in [-0.3, -0.25) is 4.79 Å². The van der Waals surface area contributed by atoms with Gasteiger partial charge >= 0.3 is 5.97 Å². The van der Waals surface area contributed by atoms with Crippen LogP contribution in [0.3, 0.4) is 0 Å². The van der Waals surface area contributed by atoms with Crippen molar-refractivity contribution in [1.82, 2.24) is 20.2 Å².